The minimum Gasteiger partial charge on any atom is -0.347 e. The van der Waals surface area contributed by atoms with Crippen LogP contribution in [0.5, 0.6) is 0 Å². The average molecular weight is 589 g/mol. The second kappa shape index (κ2) is 11.7. The summed E-state index contributed by atoms with van der Waals surface area (Å²) >= 11 is 17.6. The summed E-state index contributed by atoms with van der Waals surface area (Å²) in [6.45, 7) is 2.73. The van der Waals surface area contributed by atoms with Gasteiger partial charge in [-0.3, -0.25) is 9.59 Å². The van der Waals surface area contributed by atoms with Crippen LogP contribution < -0.4 is 5.32 Å². The van der Waals surface area contributed by atoms with Crippen LogP contribution in [0.4, 0.5) is 26.3 Å². The molecule has 1 amide bonds. The van der Waals surface area contributed by atoms with Crippen LogP contribution >= 0.6 is 34.8 Å². The van der Waals surface area contributed by atoms with Crippen LogP contribution in [-0.2, 0) is 4.79 Å². The number of carbonyl (C=O) groups excluding carboxylic acids is 2. The Balaban J connectivity index is 2.24. The minimum absolute atomic E-state index is 0.0612. The lowest BCUT2D eigenvalue weighted by Gasteiger charge is -2.23. The van der Waals surface area contributed by atoms with Crippen molar-refractivity contribution in [2.24, 2.45) is 5.41 Å². The SMILES string of the molecule is Cc1cc(/C=C/C(c2cc(Cl)c(Cl)c(Cl)c2)C(F)(F)F)ccc1C(=O)CC(C)(C)C(=O)NCC(F)(F)F. The number of rotatable bonds is 8. The zero-order valence-electron chi connectivity index (χ0n) is 19.8. The summed E-state index contributed by atoms with van der Waals surface area (Å²) in [7, 11) is 0. The molecule has 0 heterocycles. The molecule has 0 aliphatic carbocycles. The van der Waals surface area contributed by atoms with E-state index >= 15 is 0 Å². The van der Waals surface area contributed by atoms with E-state index in [1.807, 2.05) is 0 Å². The second-order valence-electron chi connectivity index (χ2n) is 9.03. The van der Waals surface area contributed by atoms with Gasteiger partial charge in [0.1, 0.15) is 6.54 Å². The normalized spacial score (nSPS) is 13.6. The Labute approximate surface area is 224 Å². The first-order valence-electron chi connectivity index (χ1n) is 10.7. The molecular weight excluding hydrogens is 567 g/mol. The molecule has 2 aromatic carbocycles. The van der Waals surface area contributed by atoms with Crippen LogP contribution in [0.3, 0.4) is 0 Å². The fourth-order valence-corrected chi connectivity index (χ4v) is 4.08. The molecule has 0 aliphatic rings. The van der Waals surface area contributed by atoms with Crippen LogP contribution in [-0.4, -0.2) is 30.6 Å². The Kier molecular flexibility index (Phi) is 9.77. The van der Waals surface area contributed by atoms with Crippen molar-refractivity contribution >= 4 is 52.6 Å². The van der Waals surface area contributed by atoms with Gasteiger partial charge in [-0.1, -0.05) is 79.0 Å². The van der Waals surface area contributed by atoms with Gasteiger partial charge in [0, 0.05) is 12.0 Å². The first-order chi connectivity index (χ1) is 16.8. The molecule has 0 bridgehead atoms. The Morgan fingerprint density at radius 3 is 2.03 bits per heavy atom. The predicted octanol–water partition coefficient (Wildman–Crippen LogP) is 8.59. The largest absolute Gasteiger partial charge is 0.405 e. The molecule has 0 saturated heterocycles. The van der Waals surface area contributed by atoms with Crippen LogP contribution in [0.1, 0.15) is 53.2 Å². The van der Waals surface area contributed by atoms with E-state index in [0.29, 0.717) is 11.1 Å². The lowest BCUT2D eigenvalue weighted by Crippen LogP contribution is -2.42. The fourth-order valence-electron chi connectivity index (χ4n) is 3.47. The summed E-state index contributed by atoms with van der Waals surface area (Å²) in [5.41, 5.74) is -0.666. The van der Waals surface area contributed by atoms with Gasteiger partial charge in [0.15, 0.2) is 5.78 Å². The van der Waals surface area contributed by atoms with Crippen LogP contribution in [0.2, 0.25) is 15.1 Å². The van der Waals surface area contributed by atoms with E-state index in [1.54, 1.807) is 12.2 Å². The lowest BCUT2D eigenvalue weighted by molar-refractivity contribution is -0.143. The first-order valence-corrected chi connectivity index (χ1v) is 11.8. The number of aryl methyl sites for hydroxylation is 1. The van der Waals surface area contributed by atoms with Gasteiger partial charge in [-0.2, -0.15) is 26.3 Å². The van der Waals surface area contributed by atoms with Crippen molar-refractivity contribution in [3.63, 3.8) is 0 Å². The van der Waals surface area contributed by atoms with Crippen LogP contribution in [0.15, 0.2) is 36.4 Å². The van der Waals surface area contributed by atoms with Crippen molar-refractivity contribution in [2.75, 3.05) is 6.54 Å². The third-order valence-corrected chi connectivity index (χ3v) is 6.61. The smallest absolute Gasteiger partial charge is 0.347 e. The van der Waals surface area contributed by atoms with E-state index in [1.165, 1.54) is 38.1 Å². The fraction of sp³-hybridized carbons (Fsp3) is 0.360. The quantitative estimate of drug-likeness (QED) is 0.191. The van der Waals surface area contributed by atoms with Gasteiger partial charge in [-0.25, -0.2) is 0 Å². The summed E-state index contributed by atoms with van der Waals surface area (Å²) in [6.07, 6.45) is -7.49. The molecule has 0 spiro atoms. The van der Waals surface area contributed by atoms with E-state index in [-0.39, 0.29) is 32.6 Å². The molecule has 0 saturated carbocycles. The maximum absolute atomic E-state index is 13.8. The zero-order chi connectivity index (χ0) is 28.3. The van der Waals surface area contributed by atoms with Gasteiger partial charge in [0.25, 0.3) is 0 Å². The molecule has 1 unspecified atom stereocenters. The van der Waals surface area contributed by atoms with Gasteiger partial charge in [-0.15, -0.1) is 0 Å². The van der Waals surface area contributed by atoms with Crippen molar-refractivity contribution < 1.29 is 35.9 Å². The van der Waals surface area contributed by atoms with E-state index in [4.69, 9.17) is 34.8 Å². The Hall–Kier alpha value is -2.23. The van der Waals surface area contributed by atoms with Gasteiger partial charge in [0.05, 0.1) is 26.4 Å². The number of halogens is 9. The van der Waals surface area contributed by atoms with Crippen molar-refractivity contribution in [1.82, 2.24) is 5.32 Å². The van der Waals surface area contributed by atoms with Gasteiger partial charge >= 0.3 is 12.4 Å². The molecule has 0 radical (unpaired) electrons. The number of hydrogen-bond donors (Lipinski definition) is 1. The molecule has 37 heavy (non-hydrogen) atoms. The number of allylic oxidation sites excluding steroid dienone is 1. The first kappa shape index (κ1) is 31.0. The van der Waals surface area contributed by atoms with E-state index in [9.17, 15) is 35.9 Å². The van der Waals surface area contributed by atoms with Gasteiger partial charge in [-0.05, 0) is 35.7 Å². The summed E-state index contributed by atoms with van der Waals surface area (Å²) in [4.78, 5) is 24.9. The summed E-state index contributed by atoms with van der Waals surface area (Å²) < 4.78 is 78.4. The Morgan fingerprint density at radius 2 is 1.54 bits per heavy atom. The maximum atomic E-state index is 13.8. The number of hydrogen-bond acceptors (Lipinski definition) is 2. The molecule has 0 aliphatic heterocycles. The van der Waals surface area contributed by atoms with Crippen LogP contribution in [0, 0.1) is 12.3 Å². The standard InChI is InChI=1S/C25H22Cl3F6NO2/c1-13-8-14(5-7-17(25(32,33)34)15-9-18(26)21(28)19(27)10-15)4-6-16(13)20(36)11-23(2,3)22(37)35-12-24(29,30)31/h4-10,17H,11-12H2,1-3H3,(H,35,37)/b7-5+. The molecule has 1 N–H and O–H groups in total. The van der Waals surface area contributed by atoms with Crippen LogP contribution in [0.25, 0.3) is 6.08 Å². The number of benzene rings is 2. The molecule has 2 rings (SSSR count). The van der Waals surface area contributed by atoms with Gasteiger partial charge in [0.2, 0.25) is 5.91 Å². The molecule has 2 aromatic rings. The molecular formula is C25H22Cl3F6NO2. The molecule has 3 nitrogen and oxygen atoms in total. The average Bonchev–Trinajstić information content (AvgIpc) is 2.74. The number of alkyl halides is 6. The highest BCUT2D eigenvalue weighted by Crippen LogP contribution is 2.41. The molecule has 202 valence electrons. The molecule has 1 atom stereocenters. The highest BCUT2D eigenvalue weighted by molar-refractivity contribution is 6.48. The summed E-state index contributed by atoms with van der Waals surface area (Å²) in [5, 5.41) is 1.46. The third kappa shape index (κ3) is 8.65. The molecule has 0 aromatic heterocycles. The Morgan fingerprint density at radius 1 is 0.973 bits per heavy atom. The molecule has 0 fully saturated rings. The number of carbonyl (C=O) groups is 2. The van der Waals surface area contributed by atoms with Crippen molar-refractivity contribution in [3.8, 4) is 0 Å². The molecule has 12 heteroatoms. The van der Waals surface area contributed by atoms with Crippen molar-refractivity contribution in [3.05, 3.63) is 73.7 Å². The van der Waals surface area contributed by atoms with E-state index in [0.717, 1.165) is 18.2 Å². The summed E-state index contributed by atoms with van der Waals surface area (Å²) in [6, 6.07) is 6.45. The highest BCUT2D eigenvalue weighted by Gasteiger charge is 2.39. The zero-order valence-corrected chi connectivity index (χ0v) is 22.0. The van der Waals surface area contributed by atoms with E-state index in [2.05, 4.69) is 0 Å². The minimum atomic E-state index is -4.67. The van der Waals surface area contributed by atoms with Crippen molar-refractivity contribution in [2.45, 2.75) is 45.5 Å². The predicted molar refractivity (Wildman–Crippen MR) is 132 cm³/mol. The lowest BCUT2D eigenvalue weighted by atomic mass is 9.83. The number of nitrogens with one attached hydrogen (secondary N) is 1. The Bertz CT molecular complexity index is 1180. The van der Waals surface area contributed by atoms with Gasteiger partial charge < -0.3 is 5.32 Å². The number of Topliss-reactive ketones (excluding diaryl/α,β-unsaturated/α-hetero) is 1. The highest BCUT2D eigenvalue weighted by atomic mass is 35.5. The second-order valence-corrected chi connectivity index (χ2v) is 10.2. The number of ketones is 1. The summed E-state index contributed by atoms with van der Waals surface area (Å²) in [5.74, 6) is -3.48. The van der Waals surface area contributed by atoms with Crippen molar-refractivity contribution in [1.29, 1.82) is 0 Å². The van der Waals surface area contributed by atoms with E-state index < -0.39 is 41.9 Å². The topological polar surface area (TPSA) is 46.2 Å². The third-order valence-electron chi connectivity index (χ3n) is 5.42. The maximum Gasteiger partial charge on any atom is 0.405 e. The number of amides is 1. The monoisotopic (exact) mass is 587 g/mol.